The highest BCUT2D eigenvalue weighted by molar-refractivity contribution is 7.99. The van der Waals surface area contributed by atoms with Crippen molar-refractivity contribution in [2.24, 2.45) is 0 Å². The molecule has 0 bridgehead atoms. The number of hydrogen-bond donors (Lipinski definition) is 5. The Morgan fingerprint density at radius 3 is 2.04 bits per heavy atom. The monoisotopic (exact) mass is 706 g/mol. The molecule has 0 saturated heterocycles. The Balaban J connectivity index is 2.14. The molecule has 0 radical (unpaired) electrons. The molecule has 2 atom stereocenters. The SMILES string of the molecule is CC(C)P(O)OCCCCCCCNC(=O)CCCCc1cc(O)c(O)c(SCCC(=O)NCCCCCCO[PH](=O)C(C)C)c1. The number of carbonyl (C=O) groups is 2. The molecule has 0 aromatic heterocycles. The molecule has 10 nitrogen and oxygen atoms in total. The molecule has 2 amide bonds. The van der Waals surface area contributed by atoms with Crippen molar-refractivity contribution in [1.29, 1.82) is 0 Å². The van der Waals surface area contributed by atoms with E-state index in [0.717, 1.165) is 76.2 Å². The summed E-state index contributed by atoms with van der Waals surface area (Å²) in [6.07, 6.45) is 11.7. The Hall–Kier alpha value is -1.35. The highest BCUT2D eigenvalue weighted by Crippen LogP contribution is 2.38. The summed E-state index contributed by atoms with van der Waals surface area (Å²) in [6, 6.07) is 3.40. The number of hydrogen-bond acceptors (Lipinski definition) is 9. The van der Waals surface area contributed by atoms with E-state index in [1.807, 2.05) is 33.8 Å². The first kappa shape index (κ1) is 42.7. The first-order valence-electron chi connectivity index (χ1n) is 17.0. The van der Waals surface area contributed by atoms with Crippen LogP contribution in [0.25, 0.3) is 0 Å². The van der Waals surface area contributed by atoms with Crippen LogP contribution in [0, 0.1) is 0 Å². The molecule has 46 heavy (non-hydrogen) atoms. The van der Waals surface area contributed by atoms with Crippen molar-refractivity contribution in [3.63, 3.8) is 0 Å². The predicted molar refractivity (Wildman–Crippen MR) is 191 cm³/mol. The van der Waals surface area contributed by atoms with E-state index in [-0.39, 0.29) is 34.6 Å². The van der Waals surface area contributed by atoms with Crippen molar-refractivity contribution in [3.8, 4) is 11.5 Å². The second-order valence-electron chi connectivity index (χ2n) is 12.2. The highest BCUT2D eigenvalue weighted by Gasteiger charge is 2.12. The van der Waals surface area contributed by atoms with Crippen LogP contribution < -0.4 is 10.6 Å². The van der Waals surface area contributed by atoms with Gasteiger partial charge in [0.05, 0.1) is 18.1 Å². The quantitative estimate of drug-likeness (QED) is 0.0256. The van der Waals surface area contributed by atoms with Gasteiger partial charge in [-0.15, -0.1) is 11.8 Å². The molecule has 0 heterocycles. The van der Waals surface area contributed by atoms with Crippen LogP contribution in [0.5, 0.6) is 11.5 Å². The molecule has 13 heteroatoms. The van der Waals surface area contributed by atoms with E-state index in [1.54, 1.807) is 6.07 Å². The molecule has 266 valence electrons. The van der Waals surface area contributed by atoms with E-state index in [0.29, 0.717) is 56.2 Å². The van der Waals surface area contributed by atoms with Crippen molar-refractivity contribution < 1.29 is 38.3 Å². The summed E-state index contributed by atoms with van der Waals surface area (Å²) in [6.45, 7) is 10.1. The van der Waals surface area contributed by atoms with Gasteiger partial charge in [-0.05, 0) is 62.6 Å². The van der Waals surface area contributed by atoms with Gasteiger partial charge in [-0.2, -0.15) is 0 Å². The zero-order valence-corrected chi connectivity index (χ0v) is 31.2. The van der Waals surface area contributed by atoms with Gasteiger partial charge in [0.2, 0.25) is 11.8 Å². The predicted octanol–water partition coefficient (Wildman–Crippen LogP) is 7.67. The van der Waals surface area contributed by atoms with Crippen LogP contribution in [0.2, 0.25) is 0 Å². The van der Waals surface area contributed by atoms with Gasteiger partial charge in [0.1, 0.15) is 0 Å². The molecule has 5 N–H and O–H groups in total. The first-order chi connectivity index (χ1) is 22.0. The number of rotatable bonds is 28. The number of amides is 2. The fraction of sp³-hybridized carbons (Fsp3) is 0.758. The van der Waals surface area contributed by atoms with Crippen molar-refractivity contribution in [2.75, 3.05) is 32.1 Å². The average Bonchev–Trinajstić information content (AvgIpc) is 3.01. The van der Waals surface area contributed by atoms with E-state index < -0.39 is 16.4 Å². The lowest BCUT2D eigenvalue weighted by Crippen LogP contribution is -2.24. The van der Waals surface area contributed by atoms with Gasteiger partial charge >= 0.3 is 0 Å². The lowest BCUT2D eigenvalue weighted by molar-refractivity contribution is -0.121. The number of phenols is 2. The zero-order valence-electron chi connectivity index (χ0n) is 28.5. The normalized spacial score (nSPS) is 12.8. The molecule has 0 saturated carbocycles. The molecule has 1 rings (SSSR count). The summed E-state index contributed by atoms with van der Waals surface area (Å²) in [7, 11) is -3.23. The van der Waals surface area contributed by atoms with Crippen LogP contribution in [-0.4, -0.2) is 70.3 Å². The number of benzene rings is 1. The van der Waals surface area contributed by atoms with Gasteiger partial charge < -0.3 is 34.8 Å². The number of aromatic hydroxyl groups is 2. The third-order valence-electron chi connectivity index (χ3n) is 7.24. The van der Waals surface area contributed by atoms with E-state index in [1.165, 1.54) is 11.8 Å². The standard InChI is InChI=1S/C33H60N2O8P2S/c1-26(2)44(40)42-21-14-8-5-6-12-19-34-31(37)17-11-10-16-28-24-29(36)33(39)30(25-28)46-23-18-32(38)35-20-13-7-9-15-22-43-45(41)27(3)4/h24-27,36,39-40,45H,5-23H2,1-4H3,(H,34,37)(H,35,38). The zero-order chi connectivity index (χ0) is 34.2. The number of phenolic OH excluding ortho intramolecular Hbond substituents is 2. The third-order valence-corrected chi connectivity index (χ3v) is 11.0. The number of unbranched alkanes of at least 4 members (excludes halogenated alkanes) is 8. The third kappa shape index (κ3) is 21.5. The molecular weight excluding hydrogens is 646 g/mol. The van der Waals surface area contributed by atoms with Crippen LogP contribution in [0.1, 0.15) is 117 Å². The van der Waals surface area contributed by atoms with Crippen molar-refractivity contribution in [3.05, 3.63) is 17.7 Å². The Kier molecular flexibility index (Phi) is 24.7. The van der Waals surface area contributed by atoms with Gasteiger partial charge in [-0.3, -0.25) is 14.2 Å². The summed E-state index contributed by atoms with van der Waals surface area (Å²) in [5.74, 6) is 0.134. The Bertz CT molecular complexity index is 1020. The van der Waals surface area contributed by atoms with Gasteiger partial charge in [0.15, 0.2) is 27.9 Å². The van der Waals surface area contributed by atoms with Crippen LogP contribution in [0.4, 0.5) is 0 Å². The fourth-order valence-corrected chi connectivity index (χ4v) is 6.66. The number of nitrogens with one attached hydrogen (secondary N) is 2. The Morgan fingerprint density at radius 2 is 1.41 bits per heavy atom. The van der Waals surface area contributed by atoms with Gasteiger partial charge in [0.25, 0.3) is 0 Å². The average molecular weight is 707 g/mol. The molecule has 1 aromatic rings. The minimum atomic E-state index is -1.93. The second-order valence-corrected chi connectivity index (χ2v) is 17.3. The maximum Gasteiger partial charge on any atom is 0.220 e. The molecule has 0 aliphatic rings. The smallest absolute Gasteiger partial charge is 0.220 e. The van der Waals surface area contributed by atoms with Crippen LogP contribution >= 0.6 is 28.2 Å². The maximum absolute atomic E-state index is 12.2. The minimum absolute atomic E-state index is 0.0470. The fourth-order valence-electron chi connectivity index (χ4n) is 4.39. The summed E-state index contributed by atoms with van der Waals surface area (Å²) >= 11 is 1.34. The van der Waals surface area contributed by atoms with Crippen LogP contribution in [0.15, 0.2) is 17.0 Å². The van der Waals surface area contributed by atoms with E-state index in [2.05, 4.69) is 10.6 Å². The van der Waals surface area contributed by atoms with Gasteiger partial charge in [-0.1, -0.05) is 59.8 Å². The summed E-state index contributed by atoms with van der Waals surface area (Å²) < 4.78 is 22.4. The van der Waals surface area contributed by atoms with Gasteiger partial charge in [-0.25, -0.2) is 0 Å². The molecule has 0 aliphatic carbocycles. The second kappa shape index (κ2) is 26.6. The largest absolute Gasteiger partial charge is 0.504 e. The molecular formula is C33H60N2O8P2S. The summed E-state index contributed by atoms with van der Waals surface area (Å²) in [4.78, 5) is 34.6. The summed E-state index contributed by atoms with van der Waals surface area (Å²) in [5, 5.41) is 26.4. The van der Waals surface area contributed by atoms with Gasteiger partial charge in [0, 0.05) is 43.0 Å². The first-order valence-corrected chi connectivity index (χ1v) is 20.7. The van der Waals surface area contributed by atoms with Crippen molar-refractivity contribution >= 4 is 40.0 Å². The molecule has 0 aliphatic heterocycles. The lowest BCUT2D eigenvalue weighted by atomic mass is 10.1. The van der Waals surface area contributed by atoms with Crippen LogP contribution in [-0.2, 0) is 29.6 Å². The topological polar surface area (TPSA) is 154 Å². The van der Waals surface area contributed by atoms with Crippen molar-refractivity contribution in [1.82, 2.24) is 10.6 Å². The van der Waals surface area contributed by atoms with E-state index >= 15 is 0 Å². The minimum Gasteiger partial charge on any atom is -0.504 e. The number of carbonyl (C=O) groups excluding carboxylic acids is 2. The van der Waals surface area contributed by atoms with Crippen molar-refractivity contribution in [2.45, 2.75) is 134 Å². The Labute approximate surface area is 283 Å². The Morgan fingerprint density at radius 1 is 0.826 bits per heavy atom. The van der Waals surface area contributed by atoms with Crippen LogP contribution in [0.3, 0.4) is 0 Å². The van der Waals surface area contributed by atoms with E-state index in [9.17, 15) is 29.3 Å². The lowest BCUT2D eigenvalue weighted by Gasteiger charge is -2.13. The number of aryl methyl sites for hydroxylation is 1. The summed E-state index contributed by atoms with van der Waals surface area (Å²) in [5.41, 5.74) is 1.13. The highest BCUT2D eigenvalue weighted by atomic mass is 32.2. The molecule has 2 unspecified atom stereocenters. The molecule has 0 spiro atoms. The maximum atomic E-state index is 12.2. The molecule has 1 aromatic carbocycles. The number of thioether (sulfide) groups is 1. The molecule has 0 fully saturated rings. The van der Waals surface area contributed by atoms with E-state index in [4.69, 9.17) is 9.05 Å².